The fraction of sp³-hybridized carbons (Fsp3) is 0.333. The molecule has 1 atom stereocenters. The summed E-state index contributed by atoms with van der Waals surface area (Å²) in [5, 5.41) is 3.32. The first-order valence-electron chi connectivity index (χ1n) is 7.21. The molecule has 0 aromatic heterocycles. The number of aryl methyl sites for hydroxylation is 2. The highest BCUT2D eigenvalue weighted by molar-refractivity contribution is 5.62. The average molecular weight is 269 g/mol. The van der Waals surface area contributed by atoms with E-state index in [-0.39, 0.29) is 0 Å². The minimum absolute atomic E-state index is 0.450. The van der Waals surface area contributed by atoms with Crippen molar-refractivity contribution in [3.63, 3.8) is 0 Å². The van der Waals surface area contributed by atoms with E-state index in [1.807, 2.05) is 12.1 Å². The highest BCUT2D eigenvalue weighted by atomic mass is 19.1. The van der Waals surface area contributed by atoms with Crippen LogP contribution in [0.5, 0.6) is 0 Å². The van der Waals surface area contributed by atoms with Crippen LogP contribution in [0.25, 0.3) is 0 Å². The van der Waals surface area contributed by atoms with Gasteiger partial charge in [-0.1, -0.05) is 42.0 Å². The number of rotatable bonds is 3. The summed E-state index contributed by atoms with van der Waals surface area (Å²) in [6, 6.07) is 12.2. The Morgan fingerprint density at radius 2 is 2.05 bits per heavy atom. The summed E-state index contributed by atoms with van der Waals surface area (Å²) in [5.41, 5.74) is 6.53. The lowest BCUT2D eigenvalue weighted by molar-refractivity contribution is 0.343. The Kier molecular flexibility index (Phi) is 3.47. The fourth-order valence-electron chi connectivity index (χ4n) is 2.95. The molecular formula is C18H20FN. The van der Waals surface area contributed by atoms with Crippen LogP contribution in [0.3, 0.4) is 0 Å². The van der Waals surface area contributed by atoms with Crippen LogP contribution in [0.15, 0.2) is 36.4 Å². The zero-order chi connectivity index (χ0) is 14.1. The molecule has 20 heavy (non-hydrogen) atoms. The maximum absolute atomic E-state index is 14.7. The van der Waals surface area contributed by atoms with Crippen molar-refractivity contribution in [2.24, 2.45) is 0 Å². The summed E-state index contributed by atoms with van der Waals surface area (Å²) in [5.74, 6) is 0. The van der Waals surface area contributed by atoms with Gasteiger partial charge in [-0.15, -0.1) is 0 Å². The van der Waals surface area contributed by atoms with Crippen molar-refractivity contribution in [2.75, 3.05) is 11.9 Å². The van der Waals surface area contributed by atoms with Crippen LogP contribution < -0.4 is 5.32 Å². The van der Waals surface area contributed by atoms with Gasteiger partial charge in [0, 0.05) is 24.2 Å². The van der Waals surface area contributed by atoms with Crippen molar-refractivity contribution < 1.29 is 4.39 Å². The summed E-state index contributed by atoms with van der Waals surface area (Å²) in [4.78, 5) is 0. The number of halogens is 1. The molecule has 0 bridgehead atoms. The smallest absolute Gasteiger partial charge is 0.131 e. The Bertz CT molecular complexity index is 633. The molecule has 3 rings (SSSR count). The number of nitrogens with one attached hydrogen (secondary N) is 1. The number of fused-ring (bicyclic) bond motifs is 1. The van der Waals surface area contributed by atoms with Gasteiger partial charge in [0.25, 0.3) is 0 Å². The first-order chi connectivity index (χ1) is 9.65. The third kappa shape index (κ3) is 2.43. The quantitative estimate of drug-likeness (QED) is 0.863. The summed E-state index contributed by atoms with van der Waals surface area (Å²) >= 11 is 0. The molecule has 104 valence electrons. The Morgan fingerprint density at radius 1 is 1.20 bits per heavy atom. The van der Waals surface area contributed by atoms with Crippen molar-refractivity contribution in [2.45, 2.75) is 32.9 Å². The standard InChI is InChI=1S/C18H20FN/c1-12-6-7-13(2)15(10-12)11-17(19)16-5-3-4-14-8-9-20-18(14)16/h3-7,10,17,20H,8-9,11H2,1-2H3. The average Bonchev–Trinajstić information content (AvgIpc) is 2.91. The topological polar surface area (TPSA) is 12.0 Å². The number of hydrogen-bond donors (Lipinski definition) is 1. The van der Waals surface area contributed by atoms with Gasteiger partial charge >= 0.3 is 0 Å². The number of para-hydroxylation sites is 1. The van der Waals surface area contributed by atoms with Crippen LogP contribution in [0.2, 0.25) is 0 Å². The monoisotopic (exact) mass is 269 g/mol. The van der Waals surface area contributed by atoms with E-state index in [4.69, 9.17) is 0 Å². The summed E-state index contributed by atoms with van der Waals surface area (Å²) in [6.45, 7) is 5.02. The van der Waals surface area contributed by atoms with Gasteiger partial charge in [-0.2, -0.15) is 0 Å². The van der Waals surface area contributed by atoms with E-state index in [0.717, 1.165) is 29.8 Å². The van der Waals surface area contributed by atoms with Gasteiger partial charge in [0.1, 0.15) is 6.17 Å². The minimum Gasteiger partial charge on any atom is -0.384 e. The van der Waals surface area contributed by atoms with Crippen LogP contribution in [-0.4, -0.2) is 6.54 Å². The van der Waals surface area contributed by atoms with Crippen LogP contribution in [-0.2, 0) is 12.8 Å². The van der Waals surface area contributed by atoms with Crippen LogP contribution >= 0.6 is 0 Å². The van der Waals surface area contributed by atoms with Crippen LogP contribution in [0.4, 0.5) is 10.1 Å². The van der Waals surface area contributed by atoms with E-state index in [2.05, 4.69) is 43.4 Å². The zero-order valence-electron chi connectivity index (χ0n) is 12.0. The number of hydrogen-bond acceptors (Lipinski definition) is 1. The van der Waals surface area contributed by atoms with Gasteiger partial charge in [0.05, 0.1) is 0 Å². The third-order valence-electron chi connectivity index (χ3n) is 4.12. The first-order valence-corrected chi connectivity index (χ1v) is 7.21. The maximum atomic E-state index is 14.7. The number of anilines is 1. The van der Waals surface area contributed by atoms with E-state index in [9.17, 15) is 4.39 Å². The lowest BCUT2D eigenvalue weighted by Gasteiger charge is -2.15. The molecule has 0 saturated carbocycles. The molecule has 1 aliphatic rings. The zero-order valence-corrected chi connectivity index (χ0v) is 12.0. The molecule has 2 heteroatoms. The van der Waals surface area contributed by atoms with Crippen molar-refractivity contribution in [3.8, 4) is 0 Å². The Morgan fingerprint density at radius 3 is 2.90 bits per heavy atom. The second-order valence-electron chi connectivity index (χ2n) is 5.66. The van der Waals surface area contributed by atoms with Crippen molar-refractivity contribution in [3.05, 3.63) is 64.2 Å². The predicted octanol–water partition coefficient (Wildman–Crippen LogP) is 4.52. The second-order valence-corrected chi connectivity index (χ2v) is 5.66. The molecule has 0 fully saturated rings. The predicted molar refractivity (Wildman–Crippen MR) is 82.1 cm³/mol. The van der Waals surface area contributed by atoms with Crippen molar-refractivity contribution in [1.82, 2.24) is 0 Å². The van der Waals surface area contributed by atoms with Crippen molar-refractivity contribution in [1.29, 1.82) is 0 Å². The van der Waals surface area contributed by atoms with Crippen LogP contribution in [0.1, 0.15) is 34.0 Å². The normalized spacial score (nSPS) is 14.8. The fourth-order valence-corrected chi connectivity index (χ4v) is 2.95. The highest BCUT2D eigenvalue weighted by Gasteiger charge is 2.20. The Hall–Kier alpha value is -1.83. The molecule has 1 heterocycles. The van der Waals surface area contributed by atoms with Gasteiger partial charge in [-0.05, 0) is 37.0 Å². The highest BCUT2D eigenvalue weighted by Crippen LogP contribution is 2.34. The molecule has 2 aromatic carbocycles. The summed E-state index contributed by atoms with van der Waals surface area (Å²) in [7, 11) is 0. The molecular weight excluding hydrogens is 249 g/mol. The van der Waals surface area contributed by atoms with Gasteiger partial charge < -0.3 is 5.32 Å². The first kappa shape index (κ1) is 13.2. The van der Waals surface area contributed by atoms with E-state index in [1.165, 1.54) is 16.7 Å². The van der Waals surface area contributed by atoms with Gasteiger partial charge in [-0.3, -0.25) is 0 Å². The van der Waals surface area contributed by atoms with E-state index in [1.54, 1.807) is 0 Å². The molecule has 0 amide bonds. The maximum Gasteiger partial charge on any atom is 0.131 e. The molecule has 1 N–H and O–H groups in total. The Balaban J connectivity index is 1.88. The summed E-state index contributed by atoms with van der Waals surface area (Å²) < 4.78 is 14.7. The lowest BCUT2D eigenvalue weighted by Crippen LogP contribution is -2.03. The van der Waals surface area contributed by atoms with Crippen molar-refractivity contribution >= 4 is 5.69 Å². The molecule has 0 aliphatic carbocycles. The second kappa shape index (κ2) is 5.28. The molecule has 1 unspecified atom stereocenters. The van der Waals surface area contributed by atoms with Gasteiger partial charge in [-0.25, -0.2) is 4.39 Å². The number of alkyl halides is 1. The molecule has 0 radical (unpaired) electrons. The van der Waals surface area contributed by atoms with E-state index in [0.29, 0.717) is 6.42 Å². The van der Waals surface area contributed by atoms with Gasteiger partial charge in [0.2, 0.25) is 0 Å². The molecule has 2 aromatic rings. The third-order valence-corrected chi connectivity index (χ3v) is 4.12. The van der Waals surface area contributed by atoms with E-state index < -0.39 is 6.17 Å². The molecule has 1 nitrogen and oxygen atoms in total. The SMILES string of the molecule is Cc1ccc(C)c(CC(F)c2cccc3c2NCC3)c1. The molecule has 1 aliphatic heterocycles. The van der Waals surface area contributed by atoms with Crippen LogP contribution in [0, 0.1) is 13.8 Å². The van der Waals surface area contributed by atoms with E-state index >= 15 is 0 Å². The van der Waals surface area contributed by atoms with Gasteiger partial charge in [0.15, 0.2) is 0 Å². The summed E-state index contributed by atoms with van der Waals surface area (Å²) in [6.07, 6.45) is 0.501. The lowest BCUT2D eigenvalue weighted by atomic mass is 9.95. The Labute approximate surface area is 119 Å². The number of benzene rings is 2. The largest absolute Gasteiger partial charge is 0.384 e. The minimum atomic E-state index is -0.948. The molecule has 0 spiro atoms. The molecule has 0 saturated heterocycles.